The summed E-state index contributed by atoms with van der Waals surface area (Å²) in [5.74, 6) is 0.635. The lowest BCUT2D eigenvalue weighted by Crippen LogP contribution is -2.03. The number of hydrogen-bond donors (Lipinski definition) is 1. The molecule has 3 aromatic rings. The first-order chi connectivity index (χ1) is 10.1. The third-order valence-electron chi connectivity index (χ3n) is 3.17. The van der Waals surface area contributed by atoms with Gasteiger partial charge >= 0.3 is 0 Å². The van der Waals surface area contributed by atoms with Gasteiger partial charge in [-0.3, -0.25) is 0 Å². The van der Waals surface area contributed by atoms with Gasteiger partial charge in [0.25, 0.3) is 0 Å². The van der Waals surface area contributed by atoms with E-state index in [0.29, 0.717) is 11.5 Å². The lowest BCUT2D eigenvalue weighted by atomic mass is 10.1. The zero-order chi connectivity index (χ0) is 15.0. The number of nitrogens with zero attached hydrogens (tertiary/aromatic N) is 4. The maximum absolute atomic E-state index is 5.87. The standard InChI is InChI=1S/C14H11Br2N5/c1-8-11(15)3-2-4-13(8)21-14(18-19-20-21)10-7-9(17)5-6-12(10)16/h2-7H,17H2,1H3. The molecule has 0 saturated heterocycles. The highest BCUT2D eigenvalue weighted by atomic mass is 79.9. The number of benzene rings is 2. The van der Waals surface area contributed by atoms with Gasteiger partial charge in [-0.25, -0.2) is 0 Å². The van der Waals surface area contributed by atoms with E-state index in [2.05, 4.69) is 47.4 Å². The lowest BCUT2D eigenvalue weighted by Gasteiger charge is -2.10. The Morgan fingerprint density at radius 3 is 2.71 bits per heavy atom. The van der Waals surface area contributed by atoms with Gasteiger partial charge in [0.1, 0.15) is 0 Å². The van der Waals surface area contributed by atoms with Gasteiger partial charge in [0, 0.05) is 20.2 Å². The Morgan fingerprint density at radius 2 is 1.90 bits per heavy atom. The highest BCUT2D eigenvalue weighted by Crippen LogP contribution is 2.31. The van der Waals surface area contributed by atoms with E-state index in [1.807, 2.05) is 43.3 Å². The minimum atomic E-state index is 0.635. The average Bonchev–Trinajstić information content (AvgIpc) is 2.93. The Hall–Kier alpha value is -1.73. The van der Waals surface area contributed by atoms with Crippen molar-refractivity contribution in [1.29, 1.82) is 0 Å². The van der Waals surface area contributed by atoms with E-state index < -0.39 is 0 Å². The topological polar surface area (TPSA) is 69.6 Å². The van der Waals surface area contributed by atoms with Crippen molar-refractivity contribution in [3.05, 3.63) is 50.9 Å². The summed E-state index contributed by atoms with van der Waals surface area (Å²) in [5.41, 5.74) is 9.35. The van der Waals surface area contributed by atoms with E-state index in [-0.39, 0.29) is 0 Å². The average molecular weight is 409 g/mol. The van der Waals surface area contributed by atoms with Crippen molar-refractivity contribution in [2.24, 2.45) is 0 Å². The fourth-order valence-electron chi connectivity index (χ4n) is 2.06. The van der Waals surface area contributed by atoms with E-state index in [4.69, 9.17) is 5.73 Å². The van der Waals surface area contributed by atoms with Gasteiger partial charge in [0.15, 0.2) is 5.82 Å². The molecule has 106 valence electrons. The van der Waals surface area contributed by atoms with Crippen molar-refractivity contribution in [3.8, 4) is 17.1 Å². The number of nitrogen functional groups attached to an aromatic ring is 1. The Morgan fingerprint density at radius 1 is 1.10 bits per heavy atom. The monoisotopic (exact) mass is 407 g/mol. The van der Waals surface area contributed by atoms with E-state index in [1.165, 1.54) is 0 Å². The summed E-state index contributed by atoms with van der Waals surface area (Å²) in [6.07, 6.45) is 0. The highest BCUT2D eigenvalue weighted by molar-refractivity contribution is 9.10. The molecule has 7 heteroatoms. The van der Waals surface area contributed by atoms with Crippen molar-refractivity contribution in [3.63, 3.8) is 0 Å². The van der Waals surface area contributed by atoms with E-state index in [0.717, 1.165) is 25.8 Å². The zero-order valence-corrected chi connectivity index (χ0v) is 14.3. The van der Waals surface area contributed by atoms with Crippen LogP contribution < -0.4 is 5.73 Å². The highest BCUT2D eigenvalue weighted by Gasteiger charge is 2.16. The van der Waals surface area contributed by atoms with Gasteiger partial charge in [-0.05, 0) is 53.2 Å². The molecular formula is C14H11Br2N5. The van der Waals surface area contributed by atoms with Crippen molar-refractivity contribution in [2.75, 3.05) is 5.73 Å². The van der Waals surface area contributed by atoms with Crippen LogP contribution in [0.25, 0.3) is 17.1 Å². The molecular weight excluding hydrogens is 398 g/mol. The SMILES string of the molecule is Cc1c(Br)cccc1-n1nnnc1-c1cc(N)ccc1Br. The second-order valence-corrected chi connectivity index (χ2v) is 6.25. The van der Waals surface area contributed by atoms with Crippen molar-refractivity contribution < 1.29 is 0 Å². The van der Waals surface area contributed by atoms with Gasteiger partial charge in [-0.15, -0.1) is 5.10 Å². The molecule has 5 nitrogen and oxygen atoms in total. The normalized spacial score (nSPS) is 10.8. The summed E-state index contributed by atoms with van der Waals surface area (Å²) < 4.78 is 3.60. The number of halogens is 2. The molecule has 2 N–H and O–H groups in total. The Balaban J connectivity index is 2.22. The first-order valence-corrected chi connectivity index (χ1v) is 7.76. The molecule has 0 aliphatic rings. The third-order valence-corrected chi connectivity index (χ3v) is 4.72. The molecule has 0 aliphatic carbocycles. The predicted molar refractivity (Wildman–Crippen MR) is 89.1 cm³/mol. The Labute approximate surface area is 138 Å². The fraction of sp³-hybridized carbons (Fsp3) is 0.0714. The van der Waals surface area contributed by atoms with Crippen LogP contribution in [0.15, 0.2) is 45.3 Å². The minimum absolute atomic E-state index is 0.635. The number of aromatic nitrogens is 4. The Bertz CT molecular complexity index is 796. The third kappa shape index (κ3) is 2.58. The second kappa shape index (κ2) is 5.57. The summed E-state index contributed by atoms with van der Waals surface area (Å²) in [6.45, 7) is 2.01. The smallest absolute Gasteiger partial charge is 0.188 e. The lowest BCUT2D eigenvalue weighted by molar-refractivity contribution is 0.787. The molecule has 1 aromatic heterocycles. The molecule has 0 radical (unpaired) electrons. The molecule has 0 saturated carbocycles. The van der Waals surface area contributed by atoms with Crippen molar-refractivity contribution >= 4 is 37.5 Å². The molecule has 0 fully saturated rings. The zero-order valence-electron chi connectivity index (χ0n) is 11.1. The van der Waals surface area contributed by atoms with Gasteiger partial charge < -0.3 is 5.73 Å². The van der Waals surface area contributed by atoms with Crippen molar-refractivity contribution in [2.45, 2.75) is 6.92 Å². The summed E-state index contributed by atoms with van der Waals surface area (Å²) in [4.78, 5) is 0. The van der Waals surface area contributed by atoms with Crippen LogP contribution >= 0.6 is 31.9 Å². The molecule has 3 rings (SSSR count). The summed E-state index contributed by atoms with van der Waals surface area (Å²) in [6, 6.07) is 11.5. The molecule has 0 aliphatic heterocycles. The maximum Gasteiger partial charge on any atom is 0.188 e. The molecule has 0 bridgehead atoms. The van der Waals surface area contributed by atoms with E-state index in [9.17, 15) is 0 Å². The maximum atomic E-state index is 5.87. The first-order valence-electron chi connectivity index (χ1n) is 6.17. The van der Waals surface area contributed by atoms with E-state index >= 15 is 0 Å². The van der Waals surface area contributed by atoms with Crippen LogP contribution in [-0.4, -0.2) is 20.2 Å². The molecule has 0 amide bonds. The number of rotatable bonds is 2. The summed E-state index contributed by atoms with van der Waals surface area (Å²) in [7, 11) is 0. The number of nitrogens with two attached hydrogens (primary N) is 1. The molecule has 0 atom stereocenters. The summed E-state index contributed by atoms with van der Waals surface area (Å²) in [5, 5.41) is 12.0. The van der Waals surface area contributed by atoms with Gasteiger partial charge in [0.05, 0.1) is 5.69 Å². The van der Waals surface area contributed by atoms with Crippen LogP contribution in [-0.2, 0) is 0 Å². The number of hydrogen-bond acceptors (Lipinski definition) is 4. The van der Waals surface area contributed by atoms with Gasteiger partial charge in [-0.1, -0.05) is 37.9 Å². The molecule has 1 heterocycles. The van der Waals surface area contributed by atoms with E-state index in [1.54, 1.807) is 4.68 Å². The first kappa shape index (κ1) is 14.2. The predicted octanol–water partition coefficient (Wildman–Crippen LogP) is 3.74. The summed E-state index contributed by atoms with van der Waals surface area (Å²) >= 11 is 7.05. The van der Waals surface area contributed by atoms with Crippen LogP contribution in [0.3, 0.4) is 0 Å². The molecule has 0 unspecified atom stereocenters. The fourth-order valence-corrected chi connectivity index (χ4v) is 2.84. The second-order valence-electron chi connectivity index (χ2n) is 4.54. The minimum Gasteiger partial charge on any atom is -0.399 e. The van der Waals surface area contributed by atoms with Crippen molar-refractivity contribution in [1.82, 2.24) is 20.2 Å². The van der Waals surface area contributed by atoms with Crippen LogP contribution in [0, 0.1) is 6.92 Å². The van der Waals surface area contributed by atoms with Gasteiger partial charge in [0.2, 0.25) is 0 Å². The largest absolute Gasteiger partial charge is 0.399 e. The van der Waals surface area contributed by atoms with Crippen LogP contribution in [0.4, 0.5) is 5.69 Å². The molecule has 21 heavy (non-hydrogen) atoms. The van der Waals surface area contributed by atoms with Crippen LogP contribution in [0.2, 0.25) is 0 Å². The molecule has 2 aromatic carbocycles. The quantitative estimate of drug-likeness (QED) is 0.655. The van der Waals surface area contributed by atoms with Crippen LogP contribution in [0.5, 0.6) is 0 Å². The number of tetrazole rings is 1. The molecule has 0 spiro atoms. The van der Waals surface area contributed by atoms with Crippen LogP contribution in [0.1, 0.15) is 5.56 Å². The van der Waals surface area contributed by atoms with Gasteiger partial charge in [-0.2, -0.15) is 4.68 Å². The number of anilines is 1. The Kier molecular flexibility index (Phi) is 3.77.